The molecule has 0 saturated heterocycles. The van der Waals surface area contributed by atoms with E-state index in [9.17, 15) is 14.7 Å². The summed E-state index contributed by atoms with van der Waals surface area (Å²) in [7, 11) is 0. The molecule has 126 valence electrons. The van der Waals surface area contributed by atoms with Crippen LogP contribution in [0.15, 0.2) is 18.2 Å². The smallest absolute Gasteiger partial charge is 0.313 e. The highest BCUT2D eigenvalue weighted by Crippen LogP contribution is 2.25. The van der Waals surface area contributed by atoms with Crippen LogP contribution in [0, 0.1) is 5.41 Å². The molecule has 0 fully saturated rings. The molecule has 2 amide bonds. The quantitative estimate of drug-likeness (QED) is 0.727. The van der Waals surface area contributed by atoms with Crippen LogP contribution in [0.1, 0.15) is 44.7 Å². The summed E-state index contributed by atoms with van der Waals surface area (Å²) in [5.41, 5.74) is 2.97. The lowest BCUT2D eigenvalue weighted by Crippen LogP contribution is -2.41. The molecule has 1 aromatic rings. The summed E-state index contributed by atoms with van der Waals surface area (Å²) in [6.45, 7) is 5.94. The van der Waals surface area contributed by atoms with E-state index in [1.54, 1.807) is 6.92 Å². The van der Waals surface area contributed by atoms with Crippen molar-refractivity contribution in [1.29, 1.82) is 0 Å². The van der Waals surface area contributed by atoms with Crippen LogP contribution in [0.2, 0.25) is 0 Å². The third-order valence-electron chi connectivity index (χ3n) is 4.14. The van der Waals surface area contributed by atoms with Crippen molar-refractivity contribution >= 4 is 17.5 Å². The fraction of sp³-hybridized carbons (Fsp3) is 0.556. The summed E-state index contributed by atoms with van der Waals surface area (Å²) in [4.78, 5) is 23.9. The second kappa shape index (κ2) is 7.13. The van der Waals surface area contributed by atoms with Crippen molar-refractivity contribution in [3.8, 4) is 0 Å². The highest BCUT2D eigenvalue weighted by atomic mass is 16.3. The van der Waals surface area contributed by atoms with E-state index in [0.29, 0.717) is 18.7 Å². The molecule has 1 aromatic carbocycles. The molecule has 0 saturated carbocycles. The maximum atomic E-state index is 12.0. The largest absolute Gasteiger partial charge is 0.393 e. The number of hydrogen-bond donors (Lipinski definition) is 3. The van der Waals surface area contributed by atoms with Gasteiger partial charge in [0.1, 0.15) is 0 Å². The van der Waals surface area contributed by atoms with E-state index >= 15 is 0 Å². The van der Waals surface area contributed by atoms with Gasteiger partial charge in [-0.3, -0.25) is 9.59 Å². The van der Waals surface area contributed by atoms with Crippen LogP contribution in [-0.2, 0) is 22.4 Å². The predicted octanol–water partition coefficient (Wildman–Crippen LogP) is 2.03. The van der Waals surface area contributed by atoms with E-state index in [0.717, 1.165) is 19.3 Å². The minimum absolute atomic E-state index is 0.266. The number of carbonyl (C=O) groups is 2. The summed E-state index contributed by atoms with van der Waals surface area (Å²) in [5, 5.41) is 14.7. The molecule has 5 heteroatoms. The first-order valence-electron chi connectivity index (χ1n) is 8.16. The van der Waals surface area contributed by atoms with Gasteiger partial charge in [-0.05, 0) is 61.3 Å². The maximum absolute atomic E-state index is 12.0. The predicted molar refractivity (Wildman–Crippen MR) is 90.2 cm³/mol. The highest BCUT2D eigenvalue weighted by Gasteiger charge is 2.23. The molecule has 0 aromatic heterocycles. The molecule has 0 heterocycles. The Balaban J connectivity index is 1.87. The maximum Gasteiger partial charge on any atom is 0.313 e. The zero-order valence-corrected chi connectivity index (χ0v) is 14.1. The number of carbonyl (C=O) groups excluding carboxylic acids is 2. The Hall–Kier alpha value is -1.88. The van der Waals surface area contributed by atoms with E-state index in [1.807, 2.05) is 32.0 Å². The molecule has 1 aliphatic carbocycles. The van der Waals surface area contributed by atoms with Crippen molar-refractivity contribution in [1.82, 2.24) is 5.32 Å². The molecule has 23 heavy (non-hydrogen) atoms. The Kier molecular flexibility index (Phi) is 5.42. The molecule has 0 bridgehead atoms. The lowest BCUT2D eigenvalue weighted by atomic mass is 9.87. The number of fused-ring (bicyclic) bond motifs is 1. The van der Waals surface area contributed by atoms with Crippen molar-refractivity contribution < 1.29 is 14.7 Å². The zero-order valence-electron chi connectivity index (χ0n) is 14.1. The molecule has 5 nitrogen and oxygen atoms in total. The van der Waals surface area contributed by atoms with Crippen LogP contribution in [0.25, 0.3) is 0 Å². The van der Waals surface area contributed by atoms with Crippen molar-refractivity contribution in [2.45, 2.75) is 52.6 Å². The minimum atomic E-state index is -0.657. The number of anilines is 1. The highest BCUT2D eigenvalue weighted by molar-refractivity contribution is 6.39. The molecule has 3 N–H and O–H groups in total. The van der Waals surface area contributed by atoms with Crippen LogP contribution in [-0.4, -0.2) is 29.6 Å². The van der Waals surface area contributed by atoms with Crippen LogP contribution >= 0.6 is 0 Å². The molecule has 1 aliphatic rings. The number of amides is 2. The van der Waals surface area contributed by atoms with Gasteiger partial charge >= 0.3 is 11.8 Å². The molecule has 1 atom stereocenters. The van der Waals surface area contributed by atoms with Gasteiger partial charge in [0.15, 0.2) is 0 Å². The molecule has 2 rings (SSSR count). The van der Waals surface area contributed by atoms with Gasteiger partial charge in [-0.2, -0.15) is 0 Å². The van der Waals surface area contributed by atoms with Gasteiger partial charge < -0.3 is 15.7 Å². The number of aryl methyl sites for hydroxylation is 2. The summed E-state index contributed by atoms with van der Waals surface area (Å²) in [6, 6.07) is 5.80. The first-order chi connectivity index (χ1) is 10.8. The summed E-state index contributed by atoms with van der Waals surface area (Å²) in [6.07, 6.45) is 3.37. The van der Waals surface area contributed by atoms with Gasteiger partial charge in [-0.25, -0.2) is 0 Å². The van der Waals surface area contributed by atoms with Crippen LogP contribution in [0.5, 0.6) is 0 Å². The molecular formula is C18H26N2O3. The molecule has 1 unspecified atom stereocenters. The van der Waals surface area contributed by atoms with Gasteiger partial charge in [0.05, 0.1) is 6.10 Å². The number of benzene rings is 1. The van der Waals surface area contributed by atoms with Crippen molar-refractivity contribution in [3.63, 3.8) is 0 Å². The van der Waals surface area contributed by atoms with Crippen molar-refractivity contribution in [2.75, 3.05) is 11.9 Å². The van der Waals surface area contributed by atoms with E-state index in [2.05, 4.69) is 10.6 Å². The number of hydrogen-bond acceptors (Lipinski definition) is 3. The zero-order chi connectivity index (χ0) is 17.0. The molecule has 0 radical (unpaired) electrons. The Morgan fingerprint density at radius 1 is 1.22 bits per heavy atom. The Morgan fingerprint density at radius 2 is 1.91 bits per heavy atom. The minimum Gasteiger partial charge on any atom is -0.393 e. The first-order valence-corrected chi connectivity index (χ1v) is 8.16. The normalized spacial score (nSPS) is 15.0. The van der Waals surface area contributed by atoms with E-state index < -0.39 is 17.9 Å². The average molecular weight is 318 g/mol. The Labute approximate surface area is 137 Å². The fourth-order valence-electron chi connectivity index (χ4n) is 3.11. The van der Waals surface area contributed by atoms with Gasteiger partial charge in [-0.15, -0.1) is 0 Å². The van der Waals surface area contributed by atoms with Crippen LogP contribution in [0.4, 0.5) is 5.69 Å². The van der Waals surface area contributed by atoms with E-state index in [-0.39, 0.29) is 5.41 Å². The number of aliphatic hydroxyl groups excluding tert-OH is 1. The molecular weight excluding hydrogens is 292 g/mol. The number of aliphatic hydroxyl groups is 1. The second-order valence-corrected chi connectivity index (χ2v) is 7.19. The second-order valence-electron chi connectivity index (χ2n) is 7.19. The van der Waals surface area contributed by atoms with Crippen molar-refractivity contribution in [2.24, 2.45) is 5.41 Å². The van der Waals surface area contributed by atoms with Crippen LogP contribution in [0.3, 0.4) is 0 Å². The lowest BCUT2D eigenvalue weighted by Gasteiger charge is -2.26. The Bertz CT molecular complexity index is 594. The van der Waals surface area contributed by atoms with E-state index in [1.165, 1.54) is 11.1 Å². The van der Waals surface area contributed by atoms with Gasteiger partial charge in [0.2, 0.25) is 0 Å². The van der Waals surface area contributed by atoms with Gasteiger partial charge in [0.25, 0.3) is 0 Å². The topological polar surface area (TPSA) is 78.4 Å². The van der Waals surface area contributed by atoms with Crippen LogP contribution < -0.4 is 10.6 Å². The third-order valence-corrected chi connectivity index (χ3v) is 4.14. The summed E-state index contributed by atoms with van der Waals surface area (Å²) < 4.78 is 0. The lowest BCUT2D eigenvalue weighted by molar-refractivity contribution is -0.136. The van der Waals surface area contributed by atoms with Crippen molar-refractivity contribution in [3.05, 3.63) is 29.3 Å². The standard InChI is InChI=1S/C18H26N2O3/c1-12(21)10-18(2,3)11-19-16(22)17(23)20-15-8-7-13-5-4-6-14(13)9-15/h7-9,12,21H,4-6,10-11H2,1-3H3,(H,19,22)(H,20,23). The average Bonchev–Trinajstić information content (AvgIpc) is 2.91. The van der Waals surface area contributed by atoms with Gasteiger partial charge in [0, 0.05) is 12.2 Å². The molecule has 0 spiro atoms. The molecule has 0 aliphatic heterocycles. The van der Waals surface area contributed by atoms with Gasteiger partial charge in [-0.1, -0.05) is 19.9 Å². The fourth-order valence-corrected chi connectivity index (χ4v) is 3.11. The first kappa shape index (κ1) is 17.5. The number of rotatable bonds is 5. The SMILES string of the molecule is CC(O)CC(C)(C)CNC(=O)C(=O)Nc1ccc2c(c1)CCC2. The Morgan fingerprint density at radius 3 is 2.61 bits per heavy atom. The summed E-state index contributed by atoms with van der Waals surface area (Å²) in [5.74, 6) is -1.31. The third kappa shape index (κ3) is 5.06. The van der Waals surface area contributed by atoms with E-state index in [4.69, 9.17) is 0 Å². The monoisotopic (exact) mass is 318 g/mol. The summed E-state index contributed by atoms with van der Waals surface area (Å²) >= 11 is 0. The number of nitrogens with one attached hydrogen (secondary N) is 2.